The molecule has 0 aromatic heterocycles. The highest BCUT2D eigenvalue weighted by atomic mass is 32.2. The van der Waals surface area contributed by atoms with Crippen molar-refractivity contribution in [3.8, 4) is 0 Å². The number of esters is 1. The zero-order valence-electron chi connectivity index (χ0n) is 24.9. The third-order valence-electron chi connectivity index (χ3n) is 9.66. The van der Waals surface area contributed by atoms with Gasteiger partial charge in [-0.1, -0.05) is 61.7 Å². The lowest BCUT2D eigenvalue weighted by atomic mass is 9.70. The highest BCUT2D eigenvalue weighted by molar-refractivity contribution is 7.98. The molecule has 3 aliphatic rings. The summed E-state index contributed by atoms with van der Waals surface area (Å²) in [5.41, 5.74) is 1.41. The van der Waals surface area contributed by atoms with Crippen molar-refractivity contribution >= 4 is 24.1 Å². The van der Waals surface area contributed by atoms with E-state index in [4.69, 9.17) is 9.73 Å². The normalized spacial score (nSPS) is 27.7. The van der Waals surface area contributed by atoms with Crippen LogP contribution in [0.1, 0.15) is 75.0 Å². The van der Waals surface area contributed by atoms with Crippen LogP contribution in [-0.4, -0.2) is 66.7 Å². The van der Waals surface area contributed by atoms with Crippen LogP contribution in [0.3, 0.4) is 0 Å². The van der Waals surface area contributed by atoms with E-state index in [0.717, 1.165) is 49.8 Å². The van der Waals surface area contributed by atoms with Gasteiger partial charge < -0.3 is 14.5 Å². The van der Waals surface area contributed by atoms with Gasteiger partial charge in [-0.15, -0.1) is 0 Å². The molecule has 1 aliphatic heterocycles. The second kappa shape index (κ2) is 13.7. The van der Waals surface area contributed by atoms with Crippen LogP contribution in [0.25, 0.3) is 0 Å². The molecule has 0 N–H and O–H groups in total. The number of carbonyl (C=O) groups is 1. The third-order valence-corrected chi connectivity index (χ3v) is 10.8. The van der Waals surface area contributed by atoms with Crippen LogP contribution in [0.2, 0.25) is 0 Å². The highest BCUT2D eigenvalue weighted by Gasteiger charge is 2.56. The molecule has 1 heterocycles. The Morgan fingerprint density at radius 3 is 2.44 bits per heavy atom. The van der Waals surface area contributed by atoms with Gasteiger partial charge in [-0.05, 0) is 87.7 Å². The number of ether oxygens (including phenoxy) is 1. The van der Waals surface area contributed by atoms with Crippen LogP contribution in [0.5, 0.6) is 0 Å². The van der Waals surface area contributed by atoms with Crippen molar-refractivity contribution in [3.63, 3.8) is 0 Å². The zero-order valence-corrected chi connectivity index (χ0v) is 25.7. The number of hydrogen-bond acceptors (Lipinski definition) is 6. The molecule has 5 nitrogen and oxygen atoms in total. The Bertz CT molecular complexity index is 1160. The number of aliphatic imine (C=N–C) groups is 1. The number of hydrogen-bond donors (Lipinski definition) is 0. The molecule has 222 valence electrons. The minimum Gasteiger partial charge on any atom is -0.467 e. The summed E-state index contributed by atoms with van der Waals surface area (Å²) in [6.45, 7) is 0. The average molecular weight is 580 g/mol. The van der Waals surface area contributed by atoms with E-state index in [1.807, 2.05) is 18.5 Å². The molecule has 5 rings (SSSR count). The number of methoxy groups -OCH3 is 1. The molecule has 3 atom stereocenters. The molecule has 2 aromatic rings. The van der Waals surface area contributed by atoms with Gasteiger partial charge >= 0.3 is 5.97 Å². The summed E-state index contributed by atoms with van der Waals surface area (Å²) in [5, 5.41) is 0. The summed E-state index contributed by atoms with van der Waals surface area (Å²) in [5.74, 6) is 1.87. The van der Waals surface area contributed by atoms with E-state index in [-0.39, 0.29) is 23.9 Å². The summed E-state index contributed by atoms with van der Waals surface area (Å²) in [4.78, 5) is 23.5. The van der Waals surface area contributed by atoms with Gasteiger partial charge in [0.2, 0.25) is 0 Å². The Balaban J connectivity index is 1.38. The standard InChI is InChI=1S/C34H46FN3O2S/c1-37(2)31(28-13-10-14-29(35)21-28)26-17-19-27(20-18-26)32-34(33(39)40-3,23-41-22-25-11-6-4-7-12-25)36-24-38(32)30-15-8-5-9-16-30/h4,6-7,10-14,21,24,26-27,30-32H,5,8-9,15-20,22-23H2,1-3H3. The van der Waals surface area contributed by atoms with Crippen molar-refractivity contribution in [1.29, 1.82) is 0 Å². The molecule has 2 saturated carbocycles. The third kappa shape index (κ3) is 6.67. The maximum atomic E-state index is 14.2. The average Bonchev–Trinajstić information content (AvgIpc) is 3.38. The number of carbonyl (C=O) groups excluding carboxylic acids is 1. The molecule has 0 spiro atoms. The molecule has 0 bridgehead atoms. The summed E-state index contributed by atoms with van der Waals surface area (Å²) in [6.07, 6.45) is 12.3. The SMILES string of the molecule is COC(=O)C1(CSCc2ccccc2)N=CN(C2CCCCC2)C1C1CCC(C(c2cccc(F)c2)N(C)C)CC1. The Morgan fingerprint density at radius 2 is 1.78 bits per heavy atom. The van der Waals surface area contributed by atoms with Gasteiger partial charge in [-0.25, -0.2) is 9.18 Å². The highest BCUT2D eigenvalue weighted by Crippen LogP contribution is 2.47. The molecule has 3 unspecified atom stereocenters. The van der Waals surface area contributed by atoms with E-state index in [0.29, 0.717) is 23.6 Å². The maximum Gasteiger partial charge on any atom is 0.336 e. The fraction of sp³-hybridized carbons (Fsp3) is 0.588. The van der Waals surface area contributed by atoms with Crippen molar-refractivity contribution in [2.45, 2.75) is 87.2 Å². The molecule has 0 amide bonds. The lowest BCUT2D eigenvalue weighted by molar-refractivity contribution is -0.148. The molecular formula is C34H46FN3O2S. The van der Waals surface area contributed by atoms with E-state index in [1.165, 1.54) is 38.0 Å². The smallest absolute Gasteiger partial charge is 0.336 e. The fourth-order valence-corrected chi connectivity index (χ4v) is 8.99. The largest absolute Gasteiger partial charge is 0.467 e. The van der Waals surface area contributed by atoms with Gasteiger partial charge in [-0.3, -0.25) is 4.99 Å². The number of rotatable bonds is 10. The predicted molar refractivity (Wildman–Crippen MR) is 167 cm³/mol. The minimum absolute atomic E-state index is 0.00856. The van der Waals surface area contributed by atoms with Gasteiger partial charge in [0, 0.05) is 23.6 Å². The van der Waals surface area contributed by atoms with Crippen LogP contribution >= 0.6 is 11.8 Å². The molecule has 41 heavy (non-hydrogen) atoms. The first kappa shape index (κ1) is 30.1. The van der Waals surface area contributed by atoms with Crippen molar-refractivity contribution in [2.75, 3.05) is 27.0 Å². The maximum absolute atomic E-state index is 14.2. The van der Waals surface area contributed by atoms with Gasteiger partial charge in [-0.2, -0.15) is 11.8 Å². The van der Waals surface area contributed by atoms with Crippen LogP contribution in [0, 0.1) is 17.7 Å². The van der Waals surface area contributed by atoms with E-state index < -0.39 is 5.54 Å². The second-order valence-electron chi connectivity index (χ2n) is 12.5. The van der Waals surface area contributed by atoms with Gasteiger partial charge in [0.25, 0.3) is 0 Å². The molecule has 2 aromatic carbocycles. The van der Waals surface area contributed by atoms with Crippen molar-refractivity contribution in [3.05, 3.63) is 71.5 Å². The predicted octanol–water partition coefficient (Wildman–Crippen LogP) is 7.13. The molecule has 2 fully saturated rings. The van der Waals surface area contributed by atoms with Crippen LogP contribution in [0.15, 0.2) is 59.6 Å². The number of halogens is 1. The quantitative estimate of drug-likeness (QED) is 0.280. The topological polar surface area (TPSA) is 45.1 Å². The van der Waals surface area contributed by atoms with Gasteiger partial charge in [0.1, 0.15) is 5.82 Å². The van der Waals surface area contributed by atoms with Gasteiger partial charge in [0.05, 0.1) is 19.5 Å². The summed E-state index contributed by atoms with van der Waals surface area (Å²) >= 11 is 1.79. The van der Waals surface area contributed by atoms with Crippen LogP contribution in [0.4, 0.5) is 4.39 Å². The van der Waals surface area contributed by atoms with Crippen LogP contribution < -0.4 is 0 Å². The molecule has 2 aliphatic carbocycles. The molecule has 0 saturated heterocycles. The van der Waals surface area contributed by atoms with E-state index >= 15 is 0 Å². The Labute approximate surface area is 249 Å². The van der Waals surface area contributed by atoms with Crippen LogP contribution in [-0.2, 0) is 15.3 Å². The first-order chi connectivity index (χ1) is 19.9. The van der Waals surface area contributed by atoms with Crippen molar-refractivity contribution in [1.82, 2.24) is 9.80 Å². The monoisotopic (exact) mass is 579 g/mol. The van der Waals surface area contributed by atoms with E-state index in [2.05, 4.69) is 54.2 Å². The summed E-state index contributed by atoms with van der Waals surface area (Å²) in [7, 11) is 5.71. The Kier molecular flexibility index (Phi) is 10.1. The van der Waals surface area contributed by atoms with Crippen molar-refractivity contribution in [2.24, 2.45) is 16.8 Å². The lowest BCUT2D eigenvalue weighted by Crippen LogP contribution is -2.59. The first-order valence-corrected chi connectivity index (χ1v) is 16.5. The Hall–Kier alpha value is -2.38. The summed E-state index contributed by atoms with van der Waals surface area (Å²) < 4.78 is 19.7. The minimum atomic E-state index is -0.896. The Morgan fingerprint density at radius 1 is 1.05 bits per heavy atom. The van der Waals surface area contributed by atoms with E-state index in [1.54, 1.807) is 17.8 Å². The number of benzene rings is 2. The second-order valence-corrected chi connectivity index (χ2v) is 13.4. The van der Waals surface area contributed by atoms with Crippen molar-refractivity contribution < 1.29 is 13.9 Å². The fourth-order valence-electron chi connectivity index (χ4n) is 7.79. The molecule has 7 heteroatoms. The molecular weight excluding hydrogens is 533 g/mol. The van der Waals surface area contributed by atoms with Gasteiger partial charge in [0.15, 0.2) is 5.54 Å². The molecule has 0 radical (unpaired) electrons. The number of nitrogens with zero attached hydrogens (tertiary/aromatic N) is 3. The number of thioether (sulfide) groups is 1. The first-order valence-electron chi connectivity index (χ1n) is 15.4. The summed E-state index contributed by atoms with van der Waals surface area (Å²) in [6, 6.07) is 18.2. The zero-order chi connectivity index (χ0) is 28.8. The lowest BCUT2D eigenvalue weighted by Gasteiger charge is -2.47. The van der Waals surface area contributed by atoms with E-state index in [9.17, 15) is 9.18 Å².